The maximum atomic E-state index is 11.0. The number of rotatable bonds is 2. The van der Waals surface area contributed by atoms with Crippen LogP contribution in [-0.4, -0.2) is 17.6 Å². The Morgan fingerprint density at radius 1 is 1.58 bits per heavy atom. The molecule has 1 fully saturated rings. The summed E-state index contributed by atoms with van der Waals surface area (Å²) in [6, 6.07) is -0.442. The van der Waals surface area contributed by atoms with Crippen molar-refractivity contribution in [1.82, 2.24) is 16.2 Å². The number of carbonyl (C=O) groups excluding carboxylic acids is 2. The summed E-state index contributed by atoms with van der Waals surface area (Å²) in [6.07, 6.45) is 0. The Bertz CT molecular complexity index is 228. The summed E-state index contributed by atoms with van der Waals surface area (Å²) in [5, 5.41) is 2.43. The van der Waals surface area contributed by atoms with Gasteiger partial charge in [-0.3, -0.25) is 10.2 Å². The first-order valence-corrected chi connectivity index (χ1v) is 3.64. The van der Waals surface area contributed by atoms with Crippen molar-refractivity contribution in [3.05, 3.63) is 0 Å². The third-order valence-electron chi connectivity index (χ3n) is 1.94. The smallest absolute Gasteiger partial charge is 0.331 e. The Labute approximate surface area is 69.8 Å². The van der Waals surface area contributed by atoms with Crippen LogP contribution >= 0.6 is 0 Å². The molecule has 12 heavy (non-hydrogen) atoms. The van der Waals surface area contributed by atoms with Gasteiger partial charge in [-0.25, -0.2) is 4.79 Å². The van der Waals surface area contributed by atoms with Crippen LogP contribution in [0.15, 0.2) is 0 Å². The Morgan fingerprint density at radius 3 is 2.33 bits per heavy atom. The van der Waals surface area contributed by atoms with Crippen molar-refractivity contribution in [2.24, 2.45) is 11.7 Å². The van der Waals surface area contributed by atoms with E-state index in [0.29, 0.717) is 0 Å². The molecule has 1 heterocycles. The highest BCUT2D eigenvalue weighted by Gasteiger charge is 2.45. The first-order valence-electron chi connectivity index (χ1n) is 3.64. The Balaban J connectivity index is 2.89. The molecule has 0 aromatic carbocycles. The Morgan fingerprint density at radius 2 is 2.17 bits per heavy atom. The van der Waals surface area contributed by atoms with Crippen LogP contribution in [-0.2, 0) is 4.79 Å². The second-order valence-corrected chi connectivity index (χ2v) is 3.03. The zero-order valence-corrected chi connectivity index (χ0v) is 6.97. The van der Waals surface area contributed by atoms with E-state index in [9.17, 15) is 9.59 Å². The number of urea groups is 1. The fourth-order valence-corrected chi connectivity index (χ4v) is 1.09. The van der Waals surface area contributed by atoms with Crippen LogP contribution in [0.25, 0.3) is 0 Å². The van der Waals surface area contributed by atoms with Crippen molar-refractivity contribution in [1.29, 1.82) is 0 Å². The van der Waals surface area contributed by atoms with Gasteiger partial charge >= 0.3 is 6.03 Å². The lowest BCUT2D eigenvalue weighted by Gasteiger charge is -2.27. The molecule has 6 heteroatoms. The molecule has 0 saturated carbocycles. The molecule has 0 spiro atoms. The lowest BCUT2D eigenvalue weighted by molar-refractivity contribution is -0.126. The summed E-state index contributed by atoms with van der Waals surface area (Å²) >= 11 is 0. The molecular formula is C6H12N4O2. The maximum Gasteiger partial charge on any atom is 0.331 e. The normalized spacial score (nSPS) is 28.4. The number of hydrogen-bond acceptors (Lipinski definition) is 3. The molecule has 0 aromatic heterocycles. The van der Waals surface area contributed by atoms with Gasteiger partial charge in [0.1, 0.15) is 0 Å². The lowest BCUT2D eigenvalue weighted by Crippen LogP contribution is -2.63. The third-order valence-corrected chi connectivity index (χ3v) is 1.94. The number of primary amides is 1. The number of hydrazine groups is 1. The molecule has 0 radical (unpaired) electrons. The fraction of sp³-hybridized carbons (Fsp3) is 0.667. The standard InChI is InChI=1S/C6H12N4O2/c1-3(2)6(4(7)11)8-5(12)9-10-6/h3,10H,1-2H3,(H2,7,11)(H2,8,9,12). The molecule has 6 nitrogen and oxygen atoms in total. The molecule has 1 aliphatic rings. The van der Waals surface area contributed by atoms with Crippen molar-refractivity contribution in [3.63, 3.8) is 0 Å². The highest BCUT2D eigenvalue weighted by molar-refractivity contribution is 5.92. The van der Waals surface area contributed by atoms with Gasteiger partial charge in [0.15, 0.2) is 5.66 Å². The summed E-state index contributed by atoms with van der Waals surface area (Å²) in [4.78, 5) is 21.8. The molecule has 1 unspecified atom stereocenters. The first kappa shape index (κ1) is 8.79. The zero-order valence-electron chi connectivity index (χ0n) is 6.97. The SMILES string of the molecule is CC(C)C1(C(N)=O)NNC(=O)N1. The number of amides is 3. The summed E-state index contributed by atoms with van der Waals surface area (Å²) in [5.41, 5.74) is 8.79. The molecule has 0 aromatic rings. The summed E-state index contributed by atoms with van der Waals surface area (Å²) in [5.74, 6) is -0.718. The highest BCUT2D eigenvalue weighted by atomic mass is 16.2. The van der Waals surface area contributed by atoms with Crippen molar-refractivity contribution < 1.29 is 9.59 Å². The van der Waals surface area contributed by atoms with Crippen molar-refractivity contribution in [2.75, 3.05) is 0 Å². The van der Waals surface area contributed by atoms with E-state index in [1.165, 1.54) is 0 Å². The van der Waals surface area contributed by atoms with Crippen LogP contribution in [0, 0.1) is 5.92 Å². The minimum absolute atomic E-state index is 0.117. The molecule has 0 aliphatic carbocycles. The largest absolute Gasteiger partial charge is 0.366 e. The highest BCUT2D eigenvalue weighted by Crippen LogP contribution is 2.14. The summed E-state index contributed by atoms with van der Waals surface area (Å²) in [6.45, 7) is 3.57. The molecular weight excluding hydrogens is 160 g/mol. The van der Waals surface area contributed by atoms with E-state index >= 15 is 0 Å². The van der Waals surface area contributed by atoms with Gasteiger partial charge < -0.3 is 11.1 Å². The number of carbonyl (C=O) groups is 2. The van der Waals surface area contributed by atoms with Gasteiger partial charge in [-0.15, -0.1) is 0 Å². The van der Waals surface area contributed by atoms with Crippen LogP contribution in [0.5, 0.6) is 0 Å². The monoisotopic (exact) mass is 172 g/mol. The molecule has 1 rings (SSSR count). The minimum Gasteiger partial charge on any atom is -0.366 e. The van der Waals surface area contributed by atoms with Gasteiger partial charge in [-0.05, 0) is 0 Å². The molecule has 0 bridgehead atoms. The van der Waals surface area contributed by atoms with Crippen LogP contribution in [0.4, 0.5) is 4.79 Å². The third kappa shape index (κ3) is 1.10. The number of nitrogens with two attached hydrogens (primary N) is 1. The second-order valence-electron chi connectivity index (χ2n) is 3.03. The van der Waals surface area contributed by atoms with E-state index in [4.69, 9.17) is 5.73 Å². The Kier molecular flexibility index (Phi) is 1.93. The first-order chi connectivity index (χ1) is 5.49. The van der Waals surface area contributed by atoms with Crippen molar-refractivity contribution >= 4 is 11.9 Å². The van der Waals surface area contributed by atoms with Gasteiger partial charge in [-0.1, -0.05) is 13.8 Å². The van der Waals surface area contributed by atoms with Gasteiger partial charge in [0, 0.05) is 5.92 Å². The zero-order chi connectivity index (χ0) is 9.35. The van der Waals surface area contributed by atoms with E-state index in [2.05, 4.69) is 16.2 Å². The molecule has 1 atom stereocenters. The van der Waals surface area contributed by atoms with Gasteiger partial charge in [0.2, 0.25) is 0 Å². The van der Waals surface area contributed by atoms with E-state index < -0.39 is 17.6 Å². The van der Waals surface area contributed by atoms with Crippen molar-refractivity contribution in [3.8, 4) is 0 Å². The maximum absolute atomic E-state index is 11.0. The molecule has 1 aliphatic heterocycles. The second kappa shape index (κ2) is 2.63. The topological polar surface area (TPSA) is 96.2 Å². The average Bonchev–Trinajstić information content (AvgIpc) is 2.32. The molecule has 1 saturated heterocycles. The van der Waals surface area contributed by atoms with Crippen LogP contribution in [0.2, 0.25) is 0 Å². The fourth-order valence-electron chi connectivity index (χ4n) is 1.09. The molecule has 5 N–H and O–H groups in total. The quantitative estimate of drug-likeness (QED) is 0.414. The number of hydrogen-bond donors (Lipinski definition) is 4. The summed E-state index contributed by atoms with van der Waals surface area (Å²) in [7, 11) is 0. The predicted molar refractivity (Wildman–Crippen MR) is 41.6 cm³/mol. The van der Waals surface area contributed by atoms with Crippen LogP contribution in [0.3, 0.4) is 0 Å². The Hall–Kier alpha value is -1.30. The lowest BCUT2D eigenvalue weighted by atomic mass is 9.96. The van der Waals surface area contributed by atoms with Gasteiger partial charge in [0.25, 0.3) is 5.91 Å². The van der Waals surface area contributed by atoms with Crippen molar-refractivity contribution in [2.45, 2.75) is 19.5 Å². The van der Waals surface area contributed by atoms with E-state index in [-0.39, 0.29) is 5.92 Å². The minimum atomic E-state index is -1.16. The van der Waals surface area contributed by atoms with E-state index in [1.807, 2.05) is 0 Å². The predicted octanol–water partition coefficient (Wildman–Crippen LogP) is -1.36. The van der Waals surface area contributed by atoms with Crippen LogP contribution < -0.4 is 21.9 Å². The molecule has 68 valence electrons. The summed E-state index contributed by atoms with van der Waals surface area (Å²) < 4.78 is 0. The number of nitrogens with one attached hydrogen (secondary N) is 3. The van der Waals surface area contributed by atoms with E-state index in [0.717, 1.165) is 0 Å². The van der Waals surface area contributed by atoms with E-state index in [1.54, 1.807) is 13.8 Å². The molecule has 3 amide bonds. The van der Waals surface area contributed by atoms with Gasteiger partial charge in [0.05, 0.1) is 0 Å². The average molecular weight is 172 g/mol. The van der Waals surface area contributed by atoms with Gasteiger partial charge in [-0.2, -0.15) is 5.43 Å². The van der Waals surface area contributed by atoms with Crippen LogP contribution in [0.1, 0.15) is 13.8 Å².